The third-order valence-corrected chi connectivity index (χ3v) is 2.35. The van der Waals surface area contributed by atoms with E-state index in [2.05, 4.69) is 0 Å². The Morgan fingerprint density at radius 3 is 2.53 bits per heavy atom. The lowest BCUT2D eigenvalue weighted by Crippen LogP contribution is -2.34. The van der Waals surface area contributed by atoms with Gasteiger partial charge in [-0.2, -0.15) is 0 Å². The smallest absolute Gasteiger partial charge is 0.249 e. The van der Waals surface area contributed by atoms with Gasteiger partial charge in [0.1, 0.15) is 6.10 Å². The van der Waals surface area contributed by atoms with Crippen molar-refractivity contribution in [2.75, 3.05) is 0 Å². The molecule has 0 bridgehead atoms. The average molecular weight is 209 g/mol. The van der Waals surface area contributed by atoms with Gasteiger partial charge in [0.05, 0.1) is 0 Å². The SMILES string of the molecule is CCc1ccccc1C(O)C(O)C(N)=O. The molecule has 1 rings (SSSR count). The molecule has 0 aliphatic heterocycles. The number of aliphatic hydroxyl groups excluding tert-OH is 2. The molecule has 0 heterocycles. The Bertz CT molecular complexity index is 351. The Kier molecular flexibility index (Phi) is 3.82. The van der Waals surface area contributed by atoms with Gasteiger partial charge in [0.15, 0.2) is 6.10 Å². The largest absolute Gasteiger partial charge is 0.385 e. The minimum atomic E-state index is -1.56. The third-order valence-electron chi connectivity index (χ3n) is 2.35. The van der Waals surface area contributed by atoms with Crippen LogP contribution >= 0.6 is 0 Å². The molecule has 4 N–H and O–H groups in total. The van der Waals surface area contributed by atoms with Crippen LogP contribution in [0.2, 0.25) is 0 Å². The zero-order valence-corrected chi connectivity index (χ0v) is 8.55. The number of amides is 1. The van der Waals surface area contributed by atoms with Crippen LogP contribution < -0.4 is 5.73 Å². The van der Waals surface area contributed by atoms with Crippen molar-refractivity contribution in [2.45, 2.75) is 25.6 Å². The number of hydrogen-bond acceptors (Lipinski definition) is 3. The lowest BCUT2D eigenvalue weighted by atomic mass is 9.97. The fourth-order valence-electron chi connectivity index (χ4n) is 1.47. The van der Waals surface area contributed by atoms with Crippen molar-refractivity contribution in [1.82, 2.24) is 0 Å². The molecule has 15 heavy (non-hydrogen) atoms. The zero-order valence-electron chi connectivity index (χ0n) is 8.55. The van der Waals surface area contributed by atoms with Crippen molar-refractivity contribution >= 4 is 5.91 Å². The molecule has 0 radical (unpaired) electrons. The first-order valence-corrected chi connectivity index (χ1v) is 4.81. The maximum absolute atomic E-state index is 10.7. The first-order valence-electron chi connectivity index (χ1n) is 4.81. The summed E-state index contributed by atoms with van der Waals surface area (Å²) >= 11 is 0. The molecule has 0 aliphatic rings. The van der Waals surface area contributed by atoms with Gasteiger partial charge in [0, 0.05) is 0 Å². The first-order chi connectivity index (χ1) is 7.07. The van der Waals surface area contributed by atoms with Crippen LogP contribution in [-0.4, -0.2) is 22.2 Å². The van der Waals surface area contributed by atoms with Crippen LogP contribution in [-0.2, 0) is 11.2 Å². The summed E-state index contributed by atoms with van der Waals surface area (Å²) in [5.74, 6) is -0.923. The number of benzene rings is 1. The summed E-state index contributed by atoms with van der Waals surface area (Å²) in [6.07, 6.45) is -2.09. The summed E-state index contributed by atoms with van der Waals surface area (Å²) in [4.78, 5) is 10.7. The monoisotopic (exact) mass is 209 g/mol. The van der Waals surface area contributed by atoms with E-state index in [1.54, 1.807) is 12.1 Å². The second kappa shape index (κ2) is 4.91. The van der Waals surface area contributed by atoms with Crippen molar-refractivity contribution < 1.29 is 15.0 Å². The molecule has 0 spiro atoms. The van der Waals surface area contributed by atoms with E-state index in [9.17, 15) is 15.0 Å². The van der Waals surface area contributed by atoms with E-state index in [4.69, 9.17) is 5.73 Å². The van der Waals surface area contributed by atoms with Crippen molar-refractivity contribution in [1.29, 1.82) is 0 Å². The zero-order chi connectivity index (χ0) is 11.4. The minimum absolute atomic E-state index is 0.548. The molecule has 4 nitrogen and oxygen atoms in total. The second-order valence-electron chi connectivity index (χ2n) is 3.34. The second-order valence-corrected chi connectivity index (χ2v) is 3.34. The van der Waals surface area contributed by atoms with E-state index < -0.39 is 18.1 Å². The molecular weight excluding hydrogens is 194 g/mol. The molecule has 1 aromatic rings. The predicted octanol–water partition coefficient (Wildman–Crippen LogP) is 0.129. The van der Waals surface area contributed by atoms with Crippen LogP contribution in [0.3, 0.4) is 0 Å². The van der Waals surface area contributed by atoms with Crippen LogP contribution in [0.25, 0.3) is 0 Å². The highest BCUT2D eigenvalue weighted by atomic mass is 16.3. The summed E-state index contributed by atoms with van der Waals surface area (Å²) in [6.45, 7) is 1.93. The molecule has 2 atom stereocenters. The number of rotatable bonds is 4. The standard InChI is InChI=1S/C11H15NO3/c1-2-7-5-3-4-6-8(7)9(13)10(14)11(12)15/h3-6,9-10,13-14H,2H2,1H3,(H2,12,15). The number of primary amides is 1. The topological polar surface area (TPSA) is 83.6 Å². The van der Waals surface area contributed by atoms with Crippen molar-refractivity contribution in [3.8, 4) is 0 Å². The summed E-state index contributed by atoms with van der Waals surface area (Å²) in [6, 6.07) is 7.10. The molecule has 0 aliphatic carbocycles. The van der Waals surface area contributed by atoms with Gasteiger partial charge in [0.2, 0.25) is 5.91 Å². The highest BCUT2D eigenvalue weighted by Crippen LogP contribution is 2.21. The molecule has 0 fully saturated rings. The summed E-state index contributed by atoms with van der Waals surface area (Å²) in [5.41, 5.74) is 6.36. The van der Waals surface area contributed by atoms with Gasteiger partial charge in [0.25, 0.3) is 0 Å². The third kappa shape index (κ3) is 2.55. The Morgan fingerprint density at radius 1 is 1.40 bits per heavy atom. The van der Waals surface area contributed by atoms with Crippen LogP contribution in [0.1, 0.15) is 24.2 Å². The normalized spacial score (nSPS) is 14.6. The van der Waals surface area contributed by atoms with E-state index in [0.717, 1.165) is 12.0 Å². The Hall–Kier alpha value is -1.39. The number of aliphatic hydroxyl groups is 2. The van der Waals surface area contributed by atoms with Crippen LogP contribution in [0.4, 0.5) is 0 Å². The van der Waals surface area contributed by atoms with Gasteiger partial charge >= 0.3 is 0 Å². The van der Waals surface area contributed by atoms with Gasteiger partial charge in [-0.25, -0.2) is 0 Å². The van der Waals surface area contributed by atoms with Gasteiger partial charge in [-0.1, -0.05) is 31.2 Å². The van der Waals surface area contributed by atoms with E-state index in [0.29, 0.717) is 5.56 Å². The number of hydrogen-bond donors (Lipinski definition) is 3. The fourth-order valence-corrected chi connectivity index (χ4v) is 1.47. The fraction of sp³-hybridized carbons (Fsp3) is 0.364. The Balaban J connectivity index is 2.99. The molecular formula is C11H15NO3. The van der Waals surface area contributed by atoms with Crippen LogP contribution in [0, 0.1) is 0 Å². The lowest BCUT2D eigenvalue weighted by Gasteiger charge is -2.17. The van der Waals surface area contributed by atoms with E-state index >= 15 is 0 Å². The van der Waals surface area contributed by atoms with Crippen molar-refractivity contribution in [3.63, 3.8) is 0 Å². The summed E-state index contributed by atoms with van der Waals surface area (Å²) < 4.78 is 0. The summed E-state index contributed by atoms with van der Waals surface area (Å²) in [5, 5.41) is 19.1. The van der Waals surface area contributed by atoms with E-state index in [1.165, 1.54) is 0 Å². The Labute approximate surface area is 88.3 Å². The predicted molar refractivity (Wildman–Crippen MR) is 56.0 cm³/mol. The van der Waals surface area contributed by atoms with E-state index in [1.807, 2.05) is 19.1 Å². The lowest BCUT2D eigenvalue weighted by molar-refractivity contribution is -0.132. The van der Waals surface area contributed by atoms with Gasteiger partial charge < -0.3 is 15.9 Å². The first kappa shape index (κ1) is 11.7. The molecule has 2 unspecified atom stereocenters. The number of nitrogens with two attached hydrogens (primary N) is 1. The maximum atomic E-state index is 10.7. The van der Waals surface area contributed by atoms with Crippen LogP contribution in [0.5, 0.6) is 0 Å². The molecule has 1 aromatic carbocycles. The Morgan fingerprint density at radius 2 is 2.00 bits per heavy atom. The molecule has 1 amide bonds. The number of carbonyl (C=O) groups is 1. The molecule has 0 saturated carbocycles. The average Bonchev–Trinajstić information content (AvgIpc) is 2.26. The highest BCUT2D eigenvalue weighted by molar-refractivity contribution is 5.79. The van der Waals surface area contributed by atoms with Gasteiger partial charge in [-0.3, -0.25) is 4.79 Å². The molecule has 82 valence electrons. The molecule has 4 heteroatoms. The van der Waals surface area contributed by atoms with Crippen molar-refractivity contribution in [3.05, 3.63) is 35.4 Å². The minimum Gasteiger partial charge on any atom is -0.385 e. The van der Waals surface area contributed by atoms with Crippen molar-refractivity contribution in [2.24, 2.45) is 5.73 Å². The van der Waals surface area contributed by atoms with Crippen LogP contribution in [0.15, 0.2) is 24.3 Å². The summed E-state index contributed by atoms with van der Waals surface area (Å²) in [7, 11) is 0. The number of aryl methyl sites for hydroxylation is 1. The maximum Gasteiger partial charge on any atom is 0.249 e. The molecule has 0 saturated heterocycles. The van der Waals surface area contributed by atoms with Gasteiger partial charge in [-0.15, -0.1) is 0 Å². The quantitative estimate of drug-likeness (QED) is 0.659. The van der Waals surface area contributed by atoms with Gasteiger partial charge in [-0.05, 0) is 17.5 Å². The molecule has 0 aromatic heterocycles. The van der Waals surface area contributed by atoms with E-state index in [-0.39, 0.29) is 0 Å². The highest BCUT2D eigenvalue weighted by Gasteiger charge is 2.24. The number of carbonyl (C=O) groups excluding carboxylic acids is 1.